The normalized spacial score (nSPS) is 10.5. The molecule has 0 aromatic heterocycles. The maximum Gasteiger partial charge on any atom is 0.0732 e. The average molecular weight is 234 g/mol. The Morgan fingerprint density at radius 3 is 2.86 bits per heavy atom. The van der Waals surface area contributed by atoms with E-state index in [1.165, 1.54) is 0 Å². The number of hydrogen-bond acceptors (Lipinski definition) is 2. The van der Waals surface area contributed by atoms with Gasteiger partial charge in [0.1, 0.15) is 0 Å². The van der Waals surface area contributed by atoms with Crippen LogP contribution >= 0.6 is 23.2 Å². The zero-order valence-electron chi connectivity index (χ0n) is 8.02. The van der Waals surface area contributed by atoms with Gasteiger partial charge in [-0.15, -0.1) is 0 Å². The molecule has 0 saturated carbocycles. The zero-order valence-corrected chi connectivity index (χ0v) is 9.53. The largest absolute Gasteiger partial charge is 0.375 e. The van der Waals surface area contributed by atoms with Gasteiger partial charge in [0, 0.05) is 16.6 Å². The SMILES string of the molecule is CNCCOCc1cc(Cl)ccc1Cl. The average Bonchev–Trinajstić information content (AvgIpc) is 2.18. The van der Waals surface area contributed by atoms with Crippen molar-refractivity contribution in [1.82, 2.24) is 5.32 Å². The molecule has 2 nitrogen and oxygen atoms in total. The smallest absolute Gasteiger partial charge is 0.0732 e. The van der Waals surface area contributed by atoms with Gasteiger partial charge in [0.2, 0.25) is 0 Å². The van der Waals surface area contributed by atoms with Crippen molar-refractivity contribution in [3.63, 3.8) is 0 Å². The lowest BCUT2D eigenvalue weighted by Crippen LogP contribution is -2.14. The van der Waals surface area contributed by atoms with Crippen molar-refractivity contribution in [2.45, 2.75) is 6.61 Å². The highest BCUT2D eigenvalue weighted by Gasteiger charge is 2.00. The van der Waals surface area contributed by atoms with Crippen molar-refractivity contribution in [2.24, 2.45) is 0 Å². The van der Waals surface area contributed by atoms with Crippen molar-refractivity contribution in [3.8, 4) is 0 Å². The van der Waals surface area contributed by atoms with Crippen LogP contribution in [0.2, 0.25) is 10.0 Å². The van der Waals surface area contributed by atoms with Crippen LogP contribution in [0.4, 0.5) is 0 Å². The molecule has 14 heavy (non-hydrogen) atoms. The van der Waals surface area contributed by atoms with Crippen molar-refractivity contribution in [1.29, 1.82) is 0 Å². The highest BCUT2D eigenvalue weighted by molar-refractivity contribution is 6.33. The van der Waals surface area contributed by atoms with E-state index in [1.54, 1.807) is 12.1 Å². The van der Waals surface area contributed by atoms with Crippen LogP contribution in [-0.2, 0) is 11.3 Å². The highest BCUT2D eigenvalue weighted by Crippen LogP contribution is 2.21. The third kappa shape index (κ3) is 3.84. The summed E-state index contributed by atoms with van der Waals surface area (Å²) >= 11 is 11.8. The number of nitrogens with one attached hydrogen (secondary N) is 1. The van der Waals surface area contributed by atoms with Gasteiger partial charge in [0.05, 0.1) is 13.2 Å². The summed E-state index contributed by atoms with van der Waals surface area (Å²) in [4.78, 5) is 0. The minimum atomic E-state index is 0.501. The summed E-state index contributed by atoms with van der Waals surface area (Å²) < 4.78 is 5.39. The first kappa shape index (κ1) is 11.8. The Hall–Kier alpha value is -0.280. The monoisotopic (exact) mass is 233 g/mol. The molecule has 0 aliphatic carbocycles. The topological polar surface area (TPSA) is 21.3 Å². The van der Waals surface area contributed by atoms with Gasteiger partial charge >= 0.3 is 0 Å². The Bertz CT molecular complexity index is 291. The first-order valence-corrected chi connectivity index (χ1v) is 5.16. The maximum atomic E-state index is 5.95. The molecule has 0 aliphatic rings. The summed E-state index contributed by atoms with van der Waals surface area (Å²) in [5.41, 5.74) is 0.926. The van der Waals surface area contributed by atoms with Gasteiger partial charge in [-0.05, 0) is 30.8 Å². The molecule has 0 amide bonds. The van der Waals surface area contributed by atoms with Crippen LogP contribution in [0.5, 0.6) is 0 Å². The number of hydrogen-bond donors (Lipinski definition) is 1. The summed E-state index contributed by atoms with van der Waals surface area (Å²) in [6.07, 6.45) is 0. The van der Waals surface area contributed by atoms with Crippen LogP contribution in [0.3, 0.4) is 0 Å². The Balaban J connectivity index is 2.45. The molecule has 0 aliphatic heterocycles. The van der Waals surface area contributed by atoms with E-state index in [1.807, 2.05) is 13.1 Å². The fourth-order valence-corrected chi connectivity index (χ4v) is 1.38. The summed E-state index contributed by atoms with van der Waals surface area (Å²) in [6, 6.07) is 5.37. The summed E-state index contributed by atoms with van der Waals surface area (Å²) in [5.74, 6) is 0. The molecule has 0 atom stereocenters. The Labute approximate surface area is 94.2 Å². The van der Waals surface area contributed by atoms with Crippen LogP contribution < -0.4 is 5.32 Å². The minimum absolute atomic E-state index is 0.501. The second kappa shape index (κ2) is 6.25. The fourth-order valence-electron chi connectivity index (χ4n) is 1.01. The van der Waals surface area contributed by atoms with E-state index >= 15 is 0 Å². The van der Waals surface area contributed by atoms with Crippen LogP contribution in [-0.4, -0.2) is 20.2 Å². The van der Waals surface area contributed by atoms with Crippen molar-refractivity contribution >= 4 is 23.2 Å². The van der Waals surface area contributed by atoms with Gasteiger partial charge < -0.3 is 10.1 Å². The summed E-state index contributed by atoms with van der Waals surface area (Å²) in [7, 11) is 1.88. The summed E-state index contributed by atoms with van der Waals surface area (Å²) in [6.45, 7) is 2.00. The third-order valence-electron chi connectivity index (χ3n) is 1.76. The Kier molecular flexibility index (Phi) is 5.26. The third-order valence-corrected chi connectivity index (χ3v) is 2.37. The van der Waals surface area contributed by atoms with Crippen molar-refractivity contribution in [3.05, 3.63) is 33.8 Å². The molecular weight excluding hydrogens is 221 g/mol. The van der Waals surface area contributed by atoms with E-state index in [0.717, 1.165) is 12.1 Å². The van der Waals surface area contributed by atoms with Crippen LogP contribution in [0.1, 0.15) is 5.56 Å². The number of ether oxygens (including phenoxy) is 1. The molecule has 0 radical (unpaired) electrons. The molecule has 1 N–H and O–H groups in total. The second-order valence-electron chi connectivity index (χ2n) is 2.89. The Morgan fingerprint density at radius 1 is 1.36 bits per heavy atom. The molecule has 0 spiro atoms. The van der Waals surface area contributed by atoms with Crippen LogP contribution in [0, 0.1) is 0 Å². The molecule has 0 unspecified atom stereocenters. The summed E-state index contributed by atoms with van der Waals surface area (Å²) in [5, 5.41) is 4.37. The number of halogens is 2. The van der Waals surface area contributed by atoms with E-state index in [0.29, 0.717) is 23.3 Å². The molecule has 0 saturated heterocycles. The molecule has 78 valence electrons. The van der Waals surface area contributed by atoms with Gasteiger partial charge in [-0.2, -0.15) is 0 Å². The highest BCUT2D eigenvalue weighted by atomic mass is 35.5. The van der Waals surface area contributed by atoms with Crippen molar-refractivity contribution in [2.75, 3.05) is 20.2 Å². The fraction of sp³-hybridized carbons (Fsp3) is 0.400. The Morgan fingerprint density at radius 2 is 2.14 bits per heavy atom. The predicted octanol–water partition coefficient (Wildman–Crippen LogP) is 2.73. The predicted molar refractivity (Wildman–Crippen MR) is 60.0 cm³/mol. The van der Waals surface area contributed by atoms with Gasteiger partial charge in [0.25, 0.3) is 0 Å². The molecule has 0 bridgehead atoms. The van der Waals surface area contributed by atoms with E-state index in [-0.39, 0.29) is 0 Å². The van der Waals surface area contributed by atoms with E-state index in [4.69, 9.17) is 27.9 Å². The van der Waals surface area contributed by atoms with Crippen LogP contribution in [0.15, 0.2) is 18.2 Å². The van der Waals surface area contributed by atoms with E-state index in [9.17, 15) is 0 Å². The van der Waals surface area contributed by atoms with E-state index < -0.39 is 0 Å². The zero-order chi connectivity index (χ0) is 10.4. The quantitative estimate of drug-likeness (QED) is 0.791. The number of likely N-dealkylation sites (N-methyl/N-ethyl adjacent to an activating group) is 1. The number of benzene rings is 1. The first-order chi connectivity index (χ1) is 6.74. The van der Waals surface area contributed by atoms with E-state index in [2.05, 4.69) is 5.32 Å². The van der Waals surface area contributed by atoms with Crippen molar-refractivity contribution < 1.29 is 4.74 Å². The first-order valence-electron chi connectivity index (χ1n) is 4.40. The second-order valence-corrected chi connectivity index (χ2v) is 3.74. The molecule has 1 rings (SSSR count). The standard InChI is InChI=1S/C10H13Cl2NO/c1-13-4-5-14-7-8-6-9(11)2-3-10(8)12/h2-3,6,13H,4-5,7H2,1H3. The van der Waals surface area contributed by atoms with Gasteiger partial charge in [-0.25, -0.2) is 0 Å². The molecule has 0 heterocycles. The molecule has 4 heteroatoms. The van der Waals surface area contributed by atoms with Gasteiger partial charge in [0.15, 0.2) is 0 Å². The molecule has 1 aromatic carbocycles. The van der Waals surface area contributed by atoms with Gasteiger partial charge in [-0.3, -0.25) is 0 Å². The maximum absolute atomic E-state index is 5.95. The lowest BCUT2D eigenvalue weighted by atomic mass is 10.2. The minimum Gasteiger partial charge on any atom is -0.375 e. The lowest BCUT2D eigenvalue weighted by molar-refractivity contribution is 0.124. The molecular formula is C10H13Cl2NO. The lowest BCUT2D eigenvalue weighted by Gasteiger charge is -2.06. The number of rotatable bonds is 5. The van der Waals surface area contributed by atoms with Gasteiger partial charge in [-0.1, -0.05) is 23.2 Å². The van der Waals surface area contributed by atoms with Crippen LogP contribution in [0.25, 0.3) is 0 Å². The molecule has 0 fully saturated rings. The molecule has 1 aromatic rings.